The maximum absolute atomic E-state index is 11.6. The Labute approximate surface area is 106 Å². The highest BCUT2D eigenvalue weighted by Gasteiger charge is 2.36. The molecule has 0 bridgehead atoms. The van der Waals surface area contributed by atoms with Crippen LogP contribution in [0.4, 0.5) is 0 Å². The van der Waals surface area contributed by atoms with E-state index in [4.69, 9.17) is 14.0 Å². The predicted octanol–water partition coefficient (Wildman–Crippen LogP) is 1.83. The summed E-state index contributed by atoms with van der Waals surface area (Å²) in [5.41, 5.74) is 0. The first-order chi connectivity index (χ1) is 8.67. The molecule has 1 aromatic rings. The van der Waals surface area contributed by atoms with E-state index < -0.39 is 5.92 Å². The molecule has 1 aromatic heterocycles. The molecule has 2 atom stereocenters. The highest BCUT2D eigenvalue weighted by atomic mass is 16.5. The van der Waals surface area contributed by atoms with Crippen LogP contribution in [0.25, 0.3) is 0 Å². The van der Waals surface area contributed by atoms with Crippen LogP contribution in [0.3, 0.4) is 0 Å². The first-order valence-corrected chi connectivity index (χ1v) is 6.20. The van der Waals surface area contributed by atoms with Crippen molar-refractivity contribution in [2.45, 2.75) is 38.7 Å². The molecule has 0 N–H and O–H groups in total. The molecule has 6 nitrogen and oxygen atoms in total. The summed E-state index contributed by atoms with van der Waals surface area (Å²) < 4.78 is 15.4. The van der Waals surface area contributed by atoms with Crippen LogP contribution in [0.2, 0.25) is 0 Å². The van der Waals surface area contributed by atoms with E-state index in [0.717, 1.165) is 12.8 Å². The van der Waals surface area contributed by atoms with Crippen molar-refractivity contribution < 1.29 is 18.8 Å². The van der Waals surface area contributed by atoms with E-state index in [1.54, 1.807) is 21.0 Å². The van der Waals surface area contributed by atoms with E-state index in [1.807, 2.05) is 0 Å². The monoisotopic (exact) mass is 254 g/mol. The lowest BCUT2D eigenvalue weighted by molar-refractivity contribution is -0.145. The van der Waals surface area contributed by atoms with Crippen molar-refractivity contribution in [3.63, 3.8) is 0 Å². The molecule has 0 radical (unpaired) electrons. The fourth-order valence-electron chi connectivity index (χ4n) is 1.81. The molecule has 100 valence electrons. The van der Waals surface area contributed by atoms with Crippen molar-refractivity contribution in [1.82, 2.24) is 10.1 Å². The van der Waals surface area contributed by atoms with Gasteiger partial charge in [-0.2, -0.15) is 4.98 Å². The van der Waals surface area contributed by atoms with E-state index in [0.29, 0.717) is 18.3 Å². The lowest BCUT2D eigenvalue weighted by Gasteiger charge is -2.08. The molecule has 1 heterocycles. The second-order valence-electron chi connectivity index (χ2n) is 4.46. The molecule has 1 saturated carbocycles. The molecular weight excluding hydrogens is 236 g/mol. The lowest BCUT2D eigenvalue weighted by Crippen LogP contribution is -2.13. The quantitative estimate of drug-likeness (QED) is 0.721. The number of methoxy groups -OCH3 is 1. The molecule has 0 aliphatic heterocycles. The molecule has 0 amide bonds. The number of ether oxygens (including phenoxy) is 2. The average molecular weight is 254 g/mol. The molecule has 1 fully saturated rings. The number of hydrogen-bond acceptors (Lipinski definition) is 6. The minimum atomic E-state index is -0.539. The first-order valence-electron chi connectivity index (χ1n) is 6.20. The van der Waals surface area contributed by atoms with Crippen molar-refractivity contribution in [2.24, 2.45) is 5.92 Å². The zero-order valence-corrected chi connectivity index (χ0v) is 10.9. The van der Waals surface area contributed by atoms with Gasteiger partial charge < -0.3 is 14.0 Å². The molecule has 2 unspecified atom stereocenters. The number of carbonyl (C=O) groups is 1. The maximum Gasteiger partial charge on any atom is 0.318 e. The largest absolute Gasteiger partial charge is 0.465 e. The summed E-state index contributed by atoms with van der Waals surface area (Å²) >= 11 is 0. The molecule has 18 heavy (non-hydrogen) atoms. The van der Waals surface area contributed by atoms with Gasteiger partial charge in [-0.05, 0) is 32.6 Å². The first kappa shape index (κ1) is 13.0. The van der Waals surface area contributed by atoms with Gasteiger partial charge in [0.1, 0.15) is 12.0 Å². The second kappa shape index (κ2) is 5.48. The Morgan fingerprint density at radius 3 is 2.83 bits per heavy atom. The van der Waals surface area contributed by atoms with Gasteiger partial charge in [0.25, 0.3) is 0 Å². The van der Waals surface area contributed by atoms with Gasteiger partial charge in [0.15, 0.2) is 0 Å². The van der Waals surface area contributed by atoms with E-state index in [2.05, 4.69) is 10.1 Å². The number of aromatic nitrogens is 2. The summed E-state index contributed by atoms with van der Waals surface area (Å²) in [4.78, 5) is 15.8. The summed E-state index contributed by atoms with van der Waals surface area (Å²) in [5.74, 6) is 0.381. The predicted molar refractivity (Wildman–Crippen MR) is 61.8 cm³/mol. The molecule has 1 aliphatic rings. The van der Waals surface area contributed by atoms with Crippen LogP contribution in [0, 0.1) is 5.92 Å². The Hall–Kier alpha value is -1.43. The zero-order valence-electron chi connectivity index (χ0n) is 10.9. The maximum atomic E-state index is 11.6. The molecule has 1 aliphatic carbocycles. The fraction of sp³-hybridized carbons (Fsp3) is 0.750. The Bertz CT molecular complexity index is 414. The molecule has 6 heteroatoms. The van der Waals surface area contributed by atoms with E-state index >= 15 is 0 Å². The number of esters is 1. The minimum absolute atomic E-state index is 0.128. The second-order valence-corrected chi connectivity index (χ2v) is 4.46. The molecule has 2 rings (SSSR count). The Balaban J connectivity index is 2.06. The van der Waals surface area contributed by atoms with Crippen molar-refractivity contribution in [3.05, 3.63) is 11.7 Å². The normalized spacial score (nSPS) is 18.4. The standard InChI is InChI=1S/C12H18N2O4/c1-4-17-12(15)7(2)11-13-10(14-18-11)9(16-3)8-5-6-8/h7-9H,4-6H2,1-3H3. The summed E-state index contributed by atoms with van der Waals surface area (Å²) in [6.07, 6.45) is 2.11. The number of nitrogens with zero attached hydrogens (tertiary/aromatic N) is 2. The van der Waals surface area contributed by atoms with Crippen molar-refractivity contribution in [1.29, 1.82) is 0 Å². The van der Waals surface area contributed by atoms with Crippen LogP contribution in [0.15, 0.2) is 4.52 Å². The average Bonchev–Trinajstić information content (AvgIpc) is 3.07. The van der Waals surface area contributed by atoms with Crippen LogP contribution in [-0.2, 0) is 14.3 Å². The van der Waals surface area contributed by atoms with E-state index in [1.165, 1.54) is 0 Å². The van der Waals surface area contributed by atoms with E-state index in [9.17, 15) is 4.79 Å². The highest BCUT2D eigenvalue weighted by molar-refractivity contribution is 5.76. The summed E-state index contributed by atoms with van der Waals surface area (Å²) in [5, 5.41) is 3.89. The smallest absolute Gasteiger partial charge is 0.318 e. The summed E-state index contributed by atoms with van der Waals surface area (Å²) in [6, 6.07) is 0. The molecular formula is C12H18N2O4. The van der Waals surface area contributed by atoms with Crippen molar-refractivity contribution in [2.75, 3.05) is 13.7 Å². The van der Waals surface area contributed by atoms with Gasteiger partial charge in [0.2, 0.25) is 11.7 Å². The van der Waals surface area contributed by atoms with Crippen LogP contribution < -0.4 is 0 Å². The third-order valence-corrected chi connectivity index (χ3v) is 3.03. The summed E-state index contributed by atoms with van der Waals surface area (Å²) in [7, 11) is 1.63. The van der Waals surface area contributed by atoms with Gasteiger partial charge in [-0.1, -0.05) is 5.16 Å². The molecule has 0 aromatic carbocycles. The van der Waals surface area contributed by atoms with Crippen LogP contribution >= 0.6 is 0 Å². The van der Waals surface area contributed by atoms with Gasteiger partial charge >= 0.3 is 5.97 Å². The number of rotatable bonds is 6. The van der Waals surface area contributed by atoms with Crippen molar-refractivity contribution >= 4 is 5.97 Å². The van der Waals surface area contributed by atoms with Crippen LogP contribution in [-0.4, -0.2) is 29.8 Å². The molecule has 0 spiro atoms. The van der Waals surface area contributed by atoms with E-state index in [-0.39, 0.29) is 18.0 Å². The molecule has 0 saturated heterocycles. The van der Waals surface area contributed by atoms with Crippen molar-refractivity contribution in [3.8, 4) is 0 Å². The Kier molecular flexibility index (Phi) is 3.96. The van der Waals surface area contributed by atoms with Gasteiger partial charge in [-0.15, -0.1) is 0 Å². The van der Waals surface area contributed by atoms with Gasteiger partial charge in [-0.25, -0.2) is 0 Å². The number of carbonyl (C=O) groups excluding carboxylic acids is 1. The summed E-state index contributed by atoms with van der Waals surface area (Å²) in [6.45, 7) is 3.79. The van der Waals surface area contributed by atoms with Gasteiger partial charge in [0.05, 0.1) is 6.61 Å². The SMILES string of the molecule is CCOC(=O)C(C)c1nc(C(OC)C2CC2)no1. The minimum Gasteiger partial charge on any atom is -0.465 e. The van der Waals surface area contributed by atoms with Crippen LogP contribution in [0.5, 0.6) is 0 Å². The Morgan fingerprint density at radius 1 is 1.56 bits per heavy atom. The third-order valence-electron chi connectivity index (χ3n) is 3.03. The van der Waals surface area contributed by atoms with Gasteiger partial charge in [-0.3, -0.25) is 4.79 Å². The third kappa shape index (κ3) is 2.69. The lowest BCUT2D eigenvalue weighted by atomic mass is 10.2. The topological polar surface area (TPSA) is 74.5 Å². The van der Waals surface area contributed by atoms with Gasteiger partial charge in [0, 0.05) is 7.11 Å². The highest BCUT2D eigenvalue weighted by Crippen LogP contribution is 2.42. The number of hydrogen-bond donors (Lipinski definition) is 0. The van der Waals surface area contributed by atoms with Crippen LogP contribution in [0.1, 0.15) is 50.4 Å². The fourth-order valence-corrected chi connectivity index (χ4v) is 1.81. The zero-order chi connectivity index (χ0) is 13.1. The Morgan fingerprint density at radius 2 is 2.28 bits per heavy atom.